The number of nitrogens with one attached hydrogen (secondary N) is 2. The minimum atomic E-state index is 0.0723. The summed E-state index contributed by atoms with van der Waals surface area (Å²) in [6.45, 7) is 9.32. The summed E-state index contributed by atoms with van der Waals surface area (Å²) in [5.41, 5.74) is 0.788. The molecule has 0 saturated heterocycles. The molecule has 2 heterocycles. The lowest BCUT2D eigenvalue weighted by atomic mass is 10.1. The number of amides is 1. The molecule has 0 atom stereocenters. The smallest absolute Gasteiger partial charge is 0.220 e. The summed E-state index contributed by atoms with van der Waals surface area (Å²) in [5.74, 6) is 1.23. The van der Waals surface area contributed by atoms with Crippen LogP contribution in [0.15, 0.2) is 11.4 Å². The Morgan fingerprint density at radius 2 is 2.04 bits per heavy atom. The average Bonchev–Trinajstić information content (AvgIpc) is 2.89. The van der Waals surface area contributed by atoms with Crippen LogP contribution in [0.4, 0.5) is 5.82 Å². The summed E-state index contributed by atoms with van der Waals surface area (Å²) < 4.78 is 1.82. The SMILES string of the molecule is CSc1nc(NC(C)C)c2cnn(CCNC(=O)CC(C)C)c2n1. The number of fused-ring (bicyclic) bond motifs is 1. The maximum Gasteiger partial charge on any atom is 0.220 e. The Morgan fingerprint density at radius 1 is 1.29 bits per heavy atom. The zero-order valence-corrected chi connectivity index (χ0v) is 15.8. The van der Waals surface area contributed by atoms with Gasteiger partial charge in [0.2, 0.25) is 5.91 Å². The number of hydrogen-bond acceptors (Lipinski definition) is 6. The molecule has 0 bridgehead atoms. The average molecular weight is 350 g/mol. The van der Waals surface area contributed by atoms with Crippen LogP contribution < -0.4 is 10.6 Å². The van der Waals surface area contributed by atoms with Gasteiger partial charge in [-0.2, -0.15) is 5.10 Å². The molecule has 2 rings (SSSR count). The fourth-order valence-electron chi connectivity index (χ4n) is 2.32. The molecule has 0 spiro atoms. The fraction of sp³-hybridized carbons (Fsp3) is 0.625. The third kappa shape index (κ3) is 4.83. The van der Waals surface area contributed by atoms with E-state index in [1.54, 1.807) is 6.20 Å². The number of carbonyl (C=O) groups excluding carboxylic acids is 1. The Balaban J connectivity index is 2.15. The first-order valence-electron chi connectivity index (χ1n) is 8.21. The van der Waals surface area contributed by atoms with Crippen molar-refractivity contribution in [2.24, 2.45) is 5.92 Å². The van der Waals surface area contributed by atoms with E-state index < -0.39 is 0 Å². The van der Waals surface area contributed by atoms with Crippen molar-refractivity contribution in [2.75, 3.05) is 18.1 Å². The van der Waals surface area contributed by atoms with E-state index >= 15 is 0 Å². The third-order valence-corrected chi connectivity index (χ3v) is 3.87. The summed E-state index contributed by atoms with van der Waals surface area (Å²) in [4.78, 5) is 20.8. The maximum atomic E-state index is 11.7. The summed E-state index contributed by atoms with van der Waals surface area (Å²) in [6.07, 6.45) is 4.27. The molecular formula is C16H26N6OS. The van der Waals surface area contributed by atoms with Crippen molar-refractivity contribution < 1.29 is 4.79 Å². The maximum absolute atomic E-state index is 11.7. The fourth-order valence-corrected chi connectivity index (χ4v) is 2.68. The van der Waals surface area contributed by atoms with E-state index in [0.29, 0.717) is 30.6 Å². The number of anilines is 1. The topological polar surface area (TPSA) is 84.7 Å². The van der Waals surface area contributed by atoms with E-state index in [1.807, 2.05) is 24.8 Å². The van der Waals surface area contributed by atoms with Gasteiger partial charge in [-0.15, -0.1) is 0 Å². The minimum Gasteiger partial charge on any atom is -0.367 e. The van der Waals surface area contributed by atoms with Crippen molar-refractivity contribution in [3.05, 3.63) is 6.20 Å². The van der Waals surface area contributed by atoms with Crippen LogP contribution >= 0.6 is 11.8 Å². The minimum absolute atomic E-state index is 0.0723. The van der Waals surface area contributed by atoms with Crippen molar-refractivity contribution in [3.63, 3.8) is 0 Å². The second-order valence-electron chi connectivity index (χ2n) is 6.41. The molecule has 7 nitrogen and oxygen atoms in total. The first kappa shape index (κ1) is 18.5. The highest BCUT2D eigenvalue weighted by molar-refractivity contribution is 7.98. The van der Waals surface area contributed by atoms with Crippen LogP contribution in [-0.4, -0.2) is 44.5 Å². The second-order valence-corrected chi connectivity index (χ2v) is 7.18. The molecule has 2 aromatic heterocycles. The molecule has 0 aliphatic heterocycles. The number of rotatable bonds is 8. The number of carbonyl (C=O) groups is 1. The van der Waals surface area contributed by atoms with Gasteiger partial charge in [0.25, 0.3) is 0 Å². The molecule has 0 saturated carbocycles. The zero-order chi connectivity index (χ0) is 17.7. The van der Waals surface area contributed by atoms with Gasteiger partial charge in [0.15, 0.2) is 10.8 Å². The number of nitrogens with zero attached hydrogens (tertiary/aromatic N) is 4. The van der Waals surface area contributed by atoms with Crippen LogP contribution in [0.2, 0.25) is 0 Å². The van der Waals surface area contributed by atoms with Gasteiger partial charge < -0.3 is 10.6 Å². The Kier molecular flexibility index (Phi) is 6.42. The van der Waals surface area contributed by atoms with Crippen LogP contribution in [0.5, 0.6) is 0 Å². The molecule has 0 radical (unpaired) electrons. The van der Waals surface area contributed by atoms with Crippen LogP contribution in [0.1, 0.15) is 34.1 Å². The Bertz CT molecular complexity index is 697. The van der Waals surface area contributed by atoms with Crippen molar-refractivity contribution in [1.82, 2.24) is 25.1 Å². The largest absolute Gasteiger partial charge is 0.367 e. The van der Waals surface area contributed by atoms with E-state index in [4.69, 9.17) is 0 Å². The quantitative estimate of drug-likeness (QED) is 0.562. The normalized spacial score (nSPS) is 11.5. The van der Waals surface area contributed by atoms with Gasteiger partial charge in [0, 0.05) is 19.0 Å². The van der Waals surface area contributed by atoms with Crippen LogP contribution in [0.25, 0.3) is 11.0 Å². The molecule has 8 heteroatoms. The summed E-state index contributed by atoms with van der Waals surface area (Å²) >= 11 is 1.50. The Labute approximate surface area is 147 Å². The molecule has 24 heavy (non-hydrogen) atoms. The van der Waals surface area contributed by atoms with E-state index in [-0.39, 0.29) is 11.9 Å². The van der Waals surface area contributed by atoms with E-state index in [2.05, 4.69) is 39.5 Å². The first-order valence-corrected chi connectivity index (χ1v) is 9.44. The highest BCUT2D eigenvalue weighted by Crippen LogP contribution is 2.23. The lowest BCUT2D eigenvalue weighted by molar-refractivity contribution is -0.121. The lowest BCUT2D eigenvalue weighted by Gasteiger charge is -2.11. The van der Waals surface area contributed by atoms with Gasteiger partial charge in [0.1, 0.15) is 5.82 Å². The molecule has 0 aliphatic carbocycles. The number of aromatic nitrogens is 4. The molecule has 0 aliphatic rings. The van der Waals surface area contributed by atoms with Gasteiger partial charge in [0.05, 0.1) is 18.1 Å². The highest BCUT2D eigenvalue weighted by Gasteiger charge is 2.13. The Hall–Kier alpha value is -1.83. The standard InChI is InChI=1S/C16H26N6OS/c1-10(2)8-13(23)17-6-7-22-15-12(9-18-22)14(19-11(3)4)20-16(21-15)24-5/h9-11H,6-8H2,1-5H3,(H,17,23)(H,19,20,21). The van der Waals surface area contributed by atoms with Gasteiger partial charge in [-0.3, -0.25) is 4.79 Å². The van der Waals surface area contributed by atoms with Gasteiger partial charge in [-0.25, -0.2) is 14.6 Å². The predicted molar refractivity (Wildman–Crippen MR) is 98.3 cm³/mol. The van der Waals surface area contributed by atoms with Crippen molar-refractivity contribution in [2.45, 2.75) is 51.9 Å². The molecule has 0 aromatic carbocycles. The van der Waals surface area contributed by atoms with Crippen LogP contribution in [0.3, 0.4) is 0 Å². The summed E-state index contributed by atoms with van der Waals surface area (Å²) in [5, 5.41) is 12.3. The van der Waals surface area contributed by atoms with E-state index in [1.165, 1.54) is 11.8 Å². The summed E-state index contributed by atoms with van der Waals surface area (Å²) in [7, 11) is 0. The van der Waals surface area contributed by atoms with E-state index in [0.717, 1.165) is 16.9 Å². The molecule has 1 amide bonds. The van der Waals surface area contributed by atoms with Gasteiger partial charge >= 0.3 is 0 Å². The molecule has 2 aromatic rings. The summed E-state index contributed by atoms with van der Waals surface area (Å²) in [6, 6.07) is 0.275. The van der Waals surface area contributed by atoms with Crippen molar-refractivity contribution in [3.8, 4) is 0 Å². The monoisotopic (exact) mass is 350 g/mol. The molecular weight excluding hydrogens is 324 g/mol. The lowest BCUT2D eigenvalue weighted by Crippen LogP contribution is -2.28. The third-order valence-electron chi connectivity index (χ3n) is 3.32. The highest BCUT2D eigenvalue weighted by atomic mass is 32.2. The molecule has 0 fully saturated rings. The molecule has 132 valence electrons. The number of thioether (sulfide) groups is 1. The molecule has 0 unspecified atom stereocenters. The van der Waals surface area contributed by atoms with Crippen molar-refractivity contribution >= 4 is 34.5 Å². The first-order chi connectivity index (χ1) is 11.4. The van der Waals surface area contributed by atoms with Crippen LogP contribution in [-0.2, 0) is 11.3 Å². The second kappa shape index (κ2) is 8.32. The van der Waals surface area contributed by atoms with Gasteiger partial charge in [-0.05, 0) is 26.0 Å². The van der Waals surface area contributed by atoms with E-state index in [9.17, 15) is 4.79 Å². The zero-order valence-electron chi connectivity index (χ0n) is 15.0. The predicted octanol–water partition coefficient (Wildman–Crippen LogP) is 2.53. The Morgan fingerprint density at radius 3 is 2.67 bits per heavy atom. The number of hydrogen-bond donors (Lipinski definition) is 2. The molecule has 2 N–H and O–H groups in total. The van der Waals surface area contributed by atoms with Gasteiger partial charge in [-0.1, -0.05) is 25.6 Å². The van der Waals surface area contributed by atoms with Crippen molar-refractivity contribution in [1.29, 1.82) is 0 Å². The van der Waals surface area contributed by atoms with Crippen LogP contribution in [0, 0.1) is 5.92 Å².